The van der Waals surface area contributed by atoms with E-state index in [4.69, 9.17) is 0 Å². The monoisotopic (exact) mass is 275 g/mol. The van der Waals surface area contributed by atoms with Gasteiger partial charge in [0.2, 0.25) is 0 Å². The SMILES string of the molecule is CCCNC(CS(C)=O)c1ccc2ccccc2c1. The van der Waals surface area contributed by atoms with Crippen molar-refractivity contribution in [3.8, 4) is 0 Å². The lowest BCUT2D eigenvalue weighted by Gasteiger charge is -2.18. The summed E-state index contributed by atoms with van der Waals surface area (Å²) < 4.78 is 11.5. The summed E-state index contributed by atoms with van der Waals surface area (Å²) in [4.78, 5) is 0. The first-order valence-corrected chi connectivity index (χ1v) is 8.45. The maximum atomic E-state index is 11.5. The van der Waals surface area contributed by atoms with E-state index in [1.165, 1.54) is 16.3 Å². The molecule has 2 unspecified atom stereocenters. The van der Waals surface area contributed by atoms with Crippen LogP contribution in [0.2, 0.25) is 0 Å². The molecule has 0 saturated carbocycles. The third-order valence-corrected chi connectivity index (χ3v) is 4.02. The quantitative estimate of drug-likeness (QED) is 0.876. The van der Waals surface area contributed by atoms with Gasteiger partial charge in [-0.1, -0.05) is 43.3 Å². The molecular weight excluding hydrogens is 254 g/mol. The Bertz CT molecular complexity index is 567. The molecule has 0 saturated heterocycles. The maximum absolute atomic E-state index is 11.5. The maximum Gasteiger partial charge on any atom is 0.0436 e. The van der Waals surface area contributed by atoms with Gasteiger partial charge in [0.05, 0.1) is 0 Å². The molecule has 1 N–H and O–H groups in total. The summed E-state index contributed by atoms with van der Waals surface area (Å²) in [6, 6.07) is 15.0. The molecule has 102 valence electrons. The summed E-state index contributed by atoms with van der Waals surface area (Å²) in [5.41, 5.74) is 1.22. The fraction of sp³-hybridized carbons (Fsp3) is 0.375. The predicted molar refractivity (Wildman–Crippen MR) is 83.9 cm³/mol. The van der Waals surface area contributed by atoms with Crippen molar-refractivity contribution in [3.05, 3.63) is 48.0 Å². The lowest BCUT2D eigenvalue weighted by atomic mass is 10.0. The van der Waals surface area contributed by atoms with Crippen molar-refractivity contribution in [2.75, 3.05) is 18.6 Å². The second-order valence-electron chi connectivity index (χ2n) is 4.85. The van der Waals surface area contributed by atoms with Crippen molar-refractivity contribution in [1.82, 2.24) is 5.32 Å². The molecule has 19 heavy (non-hydrogen) atoms. The molecule has 2 aromatic rings. The first kappa shape index (κ1) is 14.2. The van der Waals surface area contributed by atoms with Crippen LogP contribution in [0.15, 0.2) is 42.5 Å². The molecule has 2 aromatic carbocycles. The van der Waals surface area contributed by atoms with Gasteiger partial charge >= 0.3 is 0 Å². The summed E-state index contributed by atoms with van der Waals surface area (Å²) in [7, 11) is -0.796. The van der Waals surface area contributed by atoms with Gasteiger partial charge in [0.25, 0.3) is 0 Å². The molecule has 0 amide bonds. The molecule has 3 heteroatoms. The second kappa shape index (κ2) is 6.83. The van der Waals surface area contributed by atoms with E-state index in [2.05, 4.69) is 54.7 Å². The third kappa shape index (κ3) is 3.88. The molecule has 0 fully saturated rings. The zero-order valence-corrected chi connectivity index (χ0v) is 12.4. The van der Waals surface area contributed by atoms with Gasteiger partial charge in [-0.2, -0.15) is 0 Å². The molecule has 0 heterocycles. The van der Waals surface area contributed by atoms with Gasteiger partial charge in [-0.3, -0.25) is 4.21 Å². The van der Waals surface area contributed by atoms with Gasteiger partial charge < -0.3 is 5.32 Å². The van der Waals surface area contributed by atoms with Crippen LogP contribution in [0.4, 0.5) is 0 Å². The highest BCUT2D eigenvalue weighted by Gasteiger charge is 2.12. The number of nitrogens with one attached hydrogen (secondary N) is 1. The van der Waals surface area contributed by atoms with E-state index in [1.807, 2.05) is 0 Å². The van der Waals surface area contributed by atoms with Gasteiger partial charge in [0, 0.05) is 28.9 Å². The second-order valence-corrected chi connectivity index (χ2v) is 6.33. The molecule has 2 atom stereocenters. The Labute approximate surface area is 117 Å². The van der Waals surface area contributed by atoms with E-state index >= 15 is 0 Å². The van der Waals surface area contributed by atoms with Crippen molar-refractivity contribution in [2.24, 2.45) is 0 Å². The number of hydrogen-bond acceptors (Lipinski definition) is 2. The molecule has 0 aliphatic heterocycles. The van der Waals surface area contributed by atoms with Gasteiger partial charge in [-0.25, -0.2) is 0 Å². The average molecular weight is 275 g/mol. The van der Waals surface area contributed by atoms with Crippen molar-refractivity contribution in [2.45, 2.75) is 19.4 Å². The normalized spacial score (nSPS) is 14.4. The molecule has 0 aromatic heterocycles. The fourth-order valence-electron chi connectivity index (χ4n) is 2.25. The zero-order valence-electron chi connectivity index (χ0n) is 11.6. The Balaban J connectivity index is 2.29. The largest absolute Gasteiger partial charge is 0.309 e. The van der Waals surface area contributed by atoms with E-state index in [9.17, 15) is 4.21 Å². The van der Waals surface area contributed by atoms with E-state index < -0.39 is 10.8 Å². The van der Waals surface area contributed by atoms with Gasteiger partial charge in [0.15, 0.2) is 0 Å². The summed E-state index contributed by atoms with van der Waals surface area (Å²) in [6.45, 7) is 3.10. The minimum absolute atomic E-state index is 0.176. The molecule has 2 nitrogen and oxygen atoms in total. The average Bonchev–Trinajstić information content (AvgIpc) is 2.42. The minimum atomic E-state index is -0.796. The molecule has 0 spiro atoms. The van der Waals surface area contributed by atoms with Gasteiger partial charge in [-0.05, 0) is 35.4 Å². The number of hydrogen-bond donors (Lipinski definition) is 1. The van der Waals surface area contributed by atoms with E-state index in [0.717, 1.165) is 13.0 Å². The lowest BCUT2D eigenvalue weighted by molar-refractivity contribution is 0.571. The molecule has 2 rings (SSSR count). The summed E-state index contributed by atoms with van der Waals surface area (Å²) in [5, 5.41) is 5.98. The fourth-order valence-corrected chi connectivity index (χ4v) is 3.03. The van der Waals surface area contributed by atoms with Crippen LogP contribution in [-0.4, -0.2) is 22.8 Å². The van der Waals surface area contributed by atoms with E-state index in [1.54, 1.807) is 6.26 Å². The Hall–Kier alpha value is -1.19. The Morgan fingerprint density at radius 3 is 2.58 bits per heavy atom. The standard InChI is InChI=1S/C16H21NOS/c1-3-10-17-16(12-19(2)18)15-9-8-13-6-4-5-7-14(13)11-15/h4-9,11,16-17H,3,10,12H2,1-2H3. The van der Waals surface area contributed by atoms with Crippen LogP contribution in [0, 0.1) is 0 Å². The summed E-state index contributed by atoms with van der Waals surface area (Å²) in [6.07, 6.45) is 2.85. The molecule has 0 radical (unpaired) electrons. The van der Waals surface area contributed by atoms with Crippen LogP contribution in [0.5, 0.6) is 0 Å². The molecule has 0 aliphatic carbocycles. The van der Waals surface area contributed by atoms with Crippen molar-refractivity contribution < 1.29 is 4.21 Å². The van der Waals surface area contributed by atoms with Crippen LogP contribution in [0.1, 0.15) is 24.9 Å². The van der Waals surface area contributed by atoms with Crippen LogP contribution in [-0.2, 0) is 10.8 Å². The Kier molecular flexibility index (Phi) is 5.11. The van der Waals surface area contributed by atoms with Crippen LogP contribution in [0.25, 0.3) is 10.8 Å². The predicted octanol–water partition coefficient (Wildman–Crippen LogP) is 3.26. The highest BCUT2D eigenvalue weighted by atomic mass is 32.2. The van der Waals surface area contributed by atoms with E-state index in [-0.39, 0.29) is 6.04 Å². The molecule has 0 aliphatic rings. The van der Waals surface area contributed by atoms with Crippen LogP contribution in [0.3, 0.4) is 0 Å². The minimum Gasteiger partial charge on any atom is -0.309 e. The van der Waals surface area contributed by atoms with Gasteiger partial charge in [-0.15, -0.1) is 0 Å². The number of fused-ring (bicyclic) bond motifs is 1. The molecule has 0 bridgehead atoms. The Morgan fingerprint density at radius 1 is 1.16 bits per heavy atom. The highest BCUT2D eigenvalue weighted by molar-refractivity contribution is 7.84. The summed E-state index contributed by atoms with van der Waals surface area (Å²) in [5.74, 6) is 0.665. The van der Waals surface area contributed by atoms with Gasteiger partial charge in [0.1, 0.15) is 0 Å². The first-order valence-electron chi connectivity index (χ1n) is 6.73. The van der Waals surface area contributed by atoms with Crippen molar-refractivity contribution in [1.29, 1.82) is 0 Å². The topological polar surface area (TPSA) is 29.1 Å². The van der Waals surface area contributed by atoms with Crippen LogP contribution < -0.4 is 5.32 Å². The summed E-state index contributed by atoms with van der Waals surface area (Å²) >= 11 is 0. The third-order valence-electron chi connectivity index (χ3n) is 3.22. The molecular formula is C16H21NOS. The van der Waals surface area contributed by atoms with Crippen molar-refractivity contribution in [3.63, 3.8) is 0 Å². The van der Waals surface area contributed by atoms with Crippen molar-refractivity contribution >= 4 is 21.6 Å². The number of rotatable bonds is 6. The smallest absolute Gasteiger partial charge is 0.0436 e. The van der Waals surface area contributed by atoms with Crippen LogP contribution >= 0.6 is 0 Å². The lowest BCUT2D eigenvalue weighted by Crippen LogP contribution is -2.26. The zero-order chi connectivity index (χ0) is 13.7. The first-order chi connectivity index (χ1) is 9.20. The van der Waals surface area contributed by atoms with E-state index in [0.29, 0.717) is 5.75 Å². The number of benzene rings is 2. The highest BCUT2D eigenvalue weighted by Crippen LogP contribution is 2.21. The Morgan fingerprint density at radius 2 is 1.89 bits per heavy atom.